The van der Waals surface area contributed by atoms with Crippen molar-refractivity contribution in [3.8, 4) is 0 Å². The third-order valence-corrected chi connectivity index (χ3v) is 7.05. The summed E-state index contributed by atoms with van der Waals surface area (Å²) in [5, 5.41) is 2.64. The summed E-state index contributed by atoms with van der Waals surface area (Å²) in [5.74, 6) is -0.447. The van der Waals surface area contributed by atoms with Crippen molar-refractivity contribution in [3.63, 3.8) is 0 Å². The van der Waals surface area contributed by atoms with Crippen molar-refractivity contribution in [2.24, 2.45) is 7.05 Å². The van der Waals surface area contributed by atoms with E-state index in [1.807, 2.05) is 0 Å². The molecule has 9 heteroatoms. The first-order valence-electron chi connectivity index (χ1n) is 9.97. The highest BCUT2D eigenvalue weighted by Gasteiger charge is 2.33. The standard InChI is InChI=1S/C21H28N4O4S/c1-14-19(21(27)25-12-6-5-7-13-25)20(15(2)24(14)4)30(28,29)23-18-10-8-17(9-11-18)22-16(3)26/h8-11,23H,5-7,12-13H2,1-4H3,(H,22,26). The van der Waals surface area contributed by atoms with E-state index in [0.29, 0.717) is 35.9 Å². The van der Waals surface area contributed by atoms with Gasteiger partial charge in [-0.25, -0.2) is 8.42 Å². The Morgan fingerprint density at radius 3 is 2.07 bits per heavy atom. The average Bonchev–Trinajstić information content (AvgIpc) is 2.93. The van der Waals surface area contributed by atoms with E-state index in [1.54, 1.807) is 54.6 Å². The fourth-order valence-electron chi connectivity index (χ4n) is 3.78. The Morgan fingerprint density at radius 1 is 0.933 bits per heavy atom. The van der Waals surface area contributed by atoms with Gasteiger partial charge >= 0.3 is 0 Å². The van der Waals surface area contributed by atoms with Crippen LogP contribution in [0.4, 0.5) is 11.4 Å². The third kappa shape index (κ3) is 4.35. The molecule has 1 aliphatic heterocycles. The SMILES string of the molecule is CC(=O)Nc1ccc(NS(=O)(=O)c2c(C(=O)N3CCCCC3)c(C)n(C)c2C)cc1. The Bertz CT molecular complexity index is 1070. The van der Waals surface area contributed by atoms with Gasteiger partial charge in [-0.2, -0.15) is 0 Å². The van der Waals surface area contributed by atoms with Crippen LogP contribution < -0.4 is 10.0 Å². The van der Waals surface area contributed by atoms with Crippen molar-refractivity contribution in [1.82, 2.24) is 9.47 Å². The van der Waals surface area contributed by atoms with Gasteiger partial charge in [0.15, 0.2) is 0 Å². The van der Waals surface area contributed by atoms with Crippen LogP contribution in [-0.2, 0) is 21.9 Å². The number of carbonyl (C=O) groups is 2. The summed E-state index contributed by atoms with van der Waals surface area (Å²) in [5.41, 5.74) is 2.29. The lowest BCUT2D eigenvalue weighted by molar-refractivity contribution is -0.114. The molecular formula is C21H28N4O4S. The molecule has 0 radical (unpaired) electrons. The van der Waals surface area contributed by atoms with Crippen molar-refractivity contribution in [2.45, 2.75) is 44.9 Å². The van der Waals surface area contributed by atoms with Gasteiger partial charge in [-0.15, -0.1) is 0 Å². The number of sulfonamides is 1. The first kappa shape index (κ1) is 21.9. The highest BCUT2D eigenvalue weighted by atomic mass is 32.2. The van der Waals surface area contributed by atoms with Gasteiger partial charge in [0, 0.05) is 49.8 Å². The van der Waals surface area contributed by atoms with E-state index in [2.05, 4.69) is 10.0 Å². The number of benzene rings is 1. The second-order valence-corrected chi connectivity index (χ2v) is 9.27. The second kappa shape index (κ2) is 8.51. The van der Waals surface area contributed by atoms with Gasteiger partial charge < -0.3 is 14.8 Å². The van der Waals surface area contributed by atoms with Crippen molar-refractivity contribution in [2.75, 3.05) is 23.1 Å². The number of hydrogen-bond acceptors (Lipinski definition) is 4. The van der Waals surface area contributed by atoms with E-state index in [9.17, 15) is 18.0 Å². The van der Waals surface area contributed by atoms with E-state index in [-0.39, 0.29) is 22.3 Å². The van der Waals surface area contributed by atoms with Crippen LogP contribution in [-0.4, -0.2) is 42.8 Å². The first-order chi connectivity index (χ1) is 14.1. The predicted molar refractivity (Wildman–Crippen MR) is 116 cm³/mol. The van der Waals surface area contributed by atoms with Gasteiger partial charge in [0.1, 0.15) is 4.90 Å². The van der Waals surface area contributed by atoms with Crippen LogP contribution in [0.2, 0.25) is 0 Å². The lowest BCUT2D eigenvalue weighted by atomic mass is 10.1. The number of amides is 2. The lowest BCUT2D eigenvalue weighted by Gasteiger charge is -2.27. The predicted octanol–water partition coefficient (Wildman–Crippen LogP) is 3.03. The molecule has 2 aromatic rings. The lowest BCUT2D eigenvalue weighted by Crippen LogP contribution is -2.36. The highest BCUT2D eigenvalue weighted by Crippen LogP contribution is 2.30. The normalized spacial score (nSPS) is 14.5. The summed E-state index contributed by atoms with van der Waals surface area (Å²) in [6.07, 6.45) is 2.94. The summed E-state index contributed by atoms with van der Waals surface area (Å²) in [4.78, 5) is 26.1. The minimum Gasteiger partial charge on any atom is -0.350 e. The maximum atomic E-state index is 13.3. The van der Waals surface area contributed by atoms with Crippen molar-refractivity contribution in [1.29, 1.82) is 0 Å². The van der Waals surface area contributed by atoms with E-state index in [0.717, 1.165) is 19.3 Å². The number of piperidine rings is 1. The molecule has 2 heterocycles. The molecule has 30 heavy (non-hydrogen) atoms. The molecule has 0 aliphatic carbocycles. The summed E-state index contributed by atoms with van der Waals surface area (Å²) in [7, 11) is -2.24. The van der Waals surface area contributed by atoms with Gasteiger partial charge in [-0.1, -0.05) is 0 Å². The molecule has 162 valence electrons. The summed E-state index contributed by atoms with van der Waals surface area (Å²) < 4.78 is 30.9. The van der Waals surface area contributed by atoms with Crippen LogP contribution in [0.1, 0.15) is 47.9 Å². The second-order valence-electron chi connectivity index (χ2n) is 7.65. The first-order valence-corrected chi connectivity index (χ1v) is 11.5. The molecule has 0 saturated carbocycles. The maximum Gasteiger partial charge on any atom is 0.264 e. The zero-order valence-corrected chi connectivity index (χ0v) is 18.6. The van der Waals surface area contributed by atoms with E-state index >= 15 is 0 Å². The molecule has 3 rings (SSSR count). The number of aromatic nitrogens is 1. The molecule has 8 nitrogen and oxygen atoms in total. The summed E-state index contributed by atoms with van der Waals surface area (Å²) in [6, 6.07) is 6.37. The Balaban J connectivity index is 1.96. The van der Waals surface area contributed by atoms with E-state index < -0.39 is 10.0 Å². The number of hydrogen-bond donors (Lipinski definition) is 2. The number of nitrogens with one attached hydrogen (secondary N) is 2. The molecule has 0 atom stereocenters. The van der Waals surface area contributed by atoms with Gasteiger partial charge in [0.2, 0.25) is 5.91 Å². The molecule has 0 unspecified atom stereocenters. The van der Waals surface area contributed by atoms with Gasteiger partial charge in [-0.3, -0.25) is 14.3 Å². The van der Waals surface area contributed by atoms with Crippen LogP contribution in [0, 0.1) is 13.8 Å². The fraction of sp³-hybridized carbons (Fsp3) is 0.429. The fourth-order valence-corrected chi connectivity index (χ4v) is 5.36. The molecule has 2 amide bonds. The van der Waals surface area contributed by atoms with Crippen LogP contribution >= 0.6 is 0 Å². The zero-order chi connectivity index (χ0) is 22.1. The maximum absolute atomic E-state index is 13.3. The van der Waals surface area contributed by atoms with Crippen LogP contribution in [0.15, 0.2) is 29.2 Å². The van der Waals surface area contributed by atoms with Crippen molar-refractivity contribution in [3.05, 3.63) is 41.2 Å². The van der Waals surface area contributed by atoms with Crippen LogP contribution in [0.3, 0.4) is 0 Å². The molecule has 1 aliphatic rings. The Morgan fingerprint density at radius 2 is 1.50 bits per heavy atom. The summed E-state index contributed by atoms with van der Waals surface area (Å²) >= 11 is 0. The largest absolute Gasteiger partial charge is 0.350 e. The molecular weight excluding hydrogens is 404 g/mol. The molecule has 1 saturated heterocycles. The topological polar surface area (TPSA) is 101 Å². The monoisotopic (exact) mass is 432 g/mol. The third-order valence-electron chi connectivity index (χ3n) is 5.51. The Labute approximate surface area is 177 Å². The molecule has 0 spiro atoms. The number of anilines is 2. The van der Waals surface area contributed by atoms with Gasteiger partial charge in [0.25, 0.3) is 15.9 Å². The van der Waals surface area contributed by atoms with Gasteiger partial charge in [0.05, 0.1) is 5.56 Å². The molecule has 1 fully saturated rings. The Kier molecular flexibility index (Phi) is 6.21. The van der Waals surface area contributed by atoms with Crippen LogP contribution in [0.5, 0.6) is 0 Å². The van der Waals surface area contributed by atoms with Crippen LogP contribution in [0.25, 0.3) is 0 Å². The molecule has 0 bridgehead atoms. The molecule has 1 aromatic heterocycles. The summed E-state index contributed by atoms with van der Waals surface area (Å²) in [6.45, 7) is 6.16. The van der Waals surface area contributed by atoms with Crippen molar-refractivity contribution < 1.29 is 18.0 Å². The molecule has 1 aromatic carbocycles. The number of rotatable bonds is 5. The quantitative estimate of drug-likeness (QED) is 0.758. The number of nitrogens with zero attached hydrogens (tertiary/aromatic N) is 2. The van der Waals surface area contributed by atoms with E-state index in [4.69, 9.17) is 0 Å². The minimum atomic E-state index is -4.00. The Hall–Kier alpha value is -2.81. The number of carbonyl (C=O) groups excluding carboxylic acids is 2. The van der Waals surface area contributed by atoms with Crippen molar-refractivity contribution >= 4 is 33.2 Å². The minimum absolute atomic E-state index is 0.0176. The average molecular weight is 433 g/mol. The highest BCUT2D eigenvalue weighted by molar-refractivity contribution is 7.92. The molecule has 2 N–H and O–H groups in total. The van der Waals surface area contributed by atoms with Gasteiger partial charge in [-0.05, 0) is 57.4 Å². The van der Waals surface area contributed by atoms with E-state index in [1.165, 1.54) is 6.92 Å². The smallest absolute Gasteiger partial charge is 0.264 e. The zero-order valence-electron chi connectivity index (χ0n) is 17.8. The number of likely N-dealkylation sites (tertiary alicyclic amines) is 1.